The molecule has 0 aliphatic rings. The number of carbonyl (C=O) groups is 1. The molecule has 0 N–H and O–H groups in total. The Morgan fingerprint density at radius 3 is 1.95 bits per heavy atom. The van der Waals surface area contributed by atoms with Gasteiger partial charge in [-0.2, -0.15) is 13.2 Å². The third-order valence-corrected chi connectivity index (χ3v) is 2.87. The van der Waals surface area contributed by atoms with Gasteiger partial charge in [-0.3, -0.25) is 4.79 Å². The zero-order valence-corrected chi connectivity index (χ0v) is 11.0. The standard InChI is InChI=1S/C16H9F5O/c17-12-2-1-3-13(18)15(12)14(22)9-6-10-4-7-11(8-5-10)16(19,20)21/h1-9H/b9-6+. The lowest BCUT2D eigenvalue weighted by atomic mass is 10.1. The summed E-state index contributed by atoms with van der Waals surface area (Å²) in [5, 5.41) is 0. The smallest absolute Gasteiger partial charge is 0.289 e. The maximum atomic E-state index is 13.4. The summed E-state index contributed by atoms with van der Waals surface area (Å²) in [6.45, 7) is 0. The summed E-state index contributed by atoms with van der Waals surface area (Å²) in [4.78, 5) is 11.7. The molecule has 0 aromatic heterocycles. The predicted molar refractivity (Wildman–Crippen MR) is 71.2 cm³/mol. The molecule has 0 bridgehead atoms. The summed E-state index contributed by atoms with van der Waals surface area (Å²) >= 11 is 0. The largest absolute Gasteiger partial charge is 0.416 e. The number of benzene rings is 2. The van der Waals surface area contributed by atoms with E-state index >= 15 is 0 Å². The second kappa shape index (κ2) is 6.09. The SMILES string of the molecule is O=C(/C=C/c1ccc(C(F)(F)F)cc1)c1c(F)cccc1F. The first-order chi connectivity index (χ1) is 10.3. The van der Waals surface area contributed by atoms with Crippen LogP contribution in [0.2, 0.25) is 0 Å². The van der Waals surface area contributed by atoms with Gasteiger partial charge in [0.2, 0.25) is 0 Å². The minimum absolute atomic E-state index is 0.304. The van der Waals surface area contributed by atoms with E-state index in [0.29, 0.717) is 5.56 Å². The van der Waals surface area contributed by atoms with Crippen molar-refractivity contribution in [3.63, 3.8) is 0 Å². The van der Waals surface area contributed by atoms with Crippen LogP contribution in [0.3, 0.4) is 0 Å². The zero-order valence-electron chi connectivity index (χ0n) is 11.0. The van der Waals surface area contributed by atoms with E-state index in [4.69, 9.17) is 0 Å². The van der Waals surface area contributed by atoms with Crippen molar-refractivity contribution in [2.45, 2.75) is 6.18 Å². The molecular formula is C16H9F5O. The van der Waals surface area contributed by atoms with Crippen LogP contribution in [-0.4, -0.2) is 5.78 Å². The Morgan fingerprint density at radius 2 is 1.45 bits per heavy atom. The Labute approximate surface area is 122 Å². The topological polar surface area (TPSA) is 17.1 Å². The second-order valence-electron chi connectivity index (χ2n) is 4.41. The fraction of sp³-hybridized carbons (Fsp3) is 0.0625. The molecule has 22 heavy (non-hydrogen) atoms. The highest BCUT2D eigenvalue weighted by Crippen LogP contribution is 2.29. The van der Waals surface area contributed by atoms with Gasteiger partial charge in [0.1, 0.15) is 11.6 Å². The fourth-order valence-electron chi connectivity index (χ4n) is 1.77. The van der Waals surface area contributed by atoms with Crippen molar-refractivity contribution in [2.24, 2.45) is 0 Å². The average Bonchev–Trinajstić information content (AvgIpc) is 2.44. The van der Waals surface area contributed by atoms with Crippen LogP contribution >= 0.6 is 0 Å². The van der Waals surface area contributed by atoms with Gasteiger partial charge in [0.25, 0.3) is 0 Å². The van der Waals surface area contributed by atoms with Crippen molar-refractivity contribution in [1.82, 2.24) is 0 Å². The molecule has 0 saturated carbocycles. The summed E-state index contributed by atoms with van der Waals surface area (Å²) < 4.78 is 63.9. The van der Waals surface area contributed by atoms with Crippen LogP contribution in [0.25, 0.3) is 6.08 Å². The van der Waals surface area contributed by atoms with E-state index in [1.54, 1.807) is 0 Å². The Bertz CT molecular complexity index is 694. The van der Waals surface area contributed by atoms with E-state index in [9.17, 15) is 26.7 Å². The molecule has 2 aromatic carbocycles. The number of allylic oxidation sites excluding steroid dienone is 1. The molecular weight excluding hydrogens is 303 g/mol. The Kier molecular flexibility index (Phi) is 4.40. The molecule has 0 saturated heterocycles. The first-order valence-corrected chi connectivity index (χ1v) is 6.13. The number of halogens is 5. The van der Waals surface area contributed by atoms with Gasteiger partial charge >= 0.3 is 6.18 Å². The molecule has 0 spiro atoms. The van der Waals surface area contributed by atoms with E-state index in [2.05, 4.69) is 0 Å². The van der Waals surface area contributed by atoms with Gasteiger partial charge in [-0.25, -0.2) is 8.78 Å². The number of ketones is 1. The van der Waals surface area contributed by atoms with Gasteiger partial charge in [-0.1, -0.05) is 24.3 Å². The van der Waals surface area contributed by atoms with Crippen molar-refractivity contribution in [3.8, 4) is 0 Å². The first-order valence-electron chi connectivity index (χ1n) is 6.13. The summed E-state index contributed by atoms with van der Waals surface area (Å²) in [5.74, 6) is -2.90. The summed E-state index contributed by atoms with van der Waals surface area (Å²) in [7, 11) is 0. The molecule has 0 fully saturated rings. The molecule has 0 heterocycles. The molecule has 2 aromatic rings. The van der Waals surface area contributed by atoms with Crippen LogP contribution < -0.4 is 0 Å². The van der Waals surface area contributed by atoms with E-state index in [0.717, 1.165) is 48.5 Å². The van der Waals surface area contributed by atoms with Crippen LogP contribution in [0.5, 0.6) is 0 Å². The van der Waals surface area contributed by atoms with Crippen LogP contribution in [0.1, 0.15) is 21.5 Å². The molecule has 0 atom stereocenters. The highest BCUT2D eigenvalue weighted by Gasteiger charge is 2.29. The van der Waals surface area contributed by atoms with Gasteiger partial charge in [0.05, 0.1) is 11.1 Å². The minimum Gasteiger partial charge on any atom is -0.289 e. The maximum absolute atomic E-state index is 13.4. The summed E-state index contributed by atoms with van der Waals surface area (Å²) in [5.41, 5.74) is -1.22. The molecule has 0 amide bonds. The monoisotopic (exact) mass is 312 g/mol. The van der Waals surface area contributed by atoms with Gasteiger partial charge in [0.15, 0.2) is 5.78 Å². The predicted octanol–water partition coefficient (Wildman–Crippen LogP) is 4.88. The second-order valence-corrected chi connectivity index (χ2v) is 4.41. The lowest BCUT2D eigenvalue weighted by Gasteiger charge is -2.05. The maximum Gasteiger partial charge on any atom is 0.416 e. The fourth-order valence-corrected chi connectivity index (χ4v) is 1.77. The minimum atomic E-state index is -4.45. The van der Waals surface area contributed by atoms with Gasteiger partial charge < -0.3 is 0 Å². The molecule has 114 valence electrons. The normalized spacial score (nSPS) is 11.9. The van der Waals surface area contributed by atoms with Gasteiger partial charge in [-0.05, 0) is 35.9 Å². The van der Waals surface area contributed by atoms with E-state index < -0.39 is 34.7 Å². The van der Waals surface area contributed by atoms with E-state index in [1.165, 1.54) is 6.08 Å². The Hall–Kier alpha value is -2.50. The lowest BCUT2D eigenvalue weighted by Crippen LogP contribution is -2.04. The molecule has 0 unspecified atom stereocenters. The number of rotatable bonds is 3. The Balaban J connectivity index is 2.20. The third-order valence-electron chi connectivity index (χ3n) is 2.87. The molecule has 2 rings (SSSR count). The summed E-state index contributed by atoms with van der Waals surface area (Å²) in [6, 6.07) is 7.04. The number of alkyl halides is 3. The van der Waals surface area contributed by atoms with Crippen molar-refractivity contribution in [1.29, 1.82) is 0 Å². The lowest BCUT2D eigenvalue weighted by molar-refractivity contribution is -0.137. The highest BCUT2D eigenvalue weighted by atomic mass is 19.4. The van der Waals surface area contributed by atoms with E-state index in [-0.39, 0.29) is 0 Å². The zero-order chi connectivity index (χ0) is 16.3. The van der Waals surface area contributed by atoms with Gasteiger partial charge in [-0.15, -0.1) is 0 Å². The Morgan fingerprint density at radius 1 is 0.909 bits per heavy atom. The van der Waals surface area contributed by atoms with Crippen molar-refractivity contribution >= 4 is 11.9 Å². The van der Waals surface area contributed by atoms with Crippen LogP contribution in [0.4, 0.5) is 22.0 Å². The van der Waals surface area contributed by atoms with Crippen molar-refractivity contribution in [3.05, 3.63) is 76.9 Å². The van der Waals surface area contributed by atoms with Crippen LogP contribution in [-0.2, 0) is 6.18 Å². The van der Waals surface area contributed by atoms with Crippen LogP contribution in [0, 0.1) is 11.6 Å². The van der Waals surface area contributed by atoms with Gasteiger partial charge in [0, 0.05) is 0 Å². The van der Waals surface area contributed by atoms with Crippen molar-refractivity contribution < 1.29 is 26.7 Å². The van der Waals surface area contributed by atoms with E-state index in [1.807, 2.05) is 0 Å². The third kappa shape index (κ3) is 3.58. The number of hydrogen-bond acceptors (Lipinski definition) is 1. The quantitative estimate of drug-likeness (QED) is 0.448. The summed E-state index contributed by atoms with van der Waals surface area (Å²) in [6.07, 6.45) is -2.35. The molecule has 6 heteroatoms. The molecule has 1 nitrogen and oxygen atoms in total. The number of hydrogen-bond donors (Lipinski definition) is 0. The number of carbonyl (C=O) groups excluding carboxylic acids is 1. The highest BCUT2D eigenvalue weighted by molar-refractivity contribution is 6.07. The van der Waals surface area contributed by atoms with Crippen LogP contribution in [0.15, 0.2) is 48.5 Å². The molecule has 0 aliphatic carbocycles. The average molecular weight is 312 g/mol. The van der Waals surface area contributed by atoms with Crippen molar-refractivity contribution in [2.75, 3.05) is 0 Å². The molecule has 0 aliphatic heterocycles. The molecule has 0 radical (unpaired) electrons. The first kappa shape index (κ1) is 15.9.